The van der Waals surface area contributed by atoms with Crippen LogP contribution in [-0.2, 0) is 4.79 Å². The molecule has 0 aliphatic carbocycles. The average Bonchev–Trinajstić information content (AvgIpc) is 2.32. The van der Waals surface area contributed by atoms with Crippen LogP contribution in [0.1, 0.15) is 24.6 Å². The Morgan fingerprint density at radius 1 is 1.67 bits per heavy atom. The Morgan fingerprint density at radius 3 is 2.75 bits per heavy atom. The fourth-order valence-corrected chi connectivity index (χ4v) is 2.81. The standard InChI is InChI=1S/C8H8BrNOS/c1-5(2)8-6(9)3-7(12-8)10-4-11/h3,5H,1-2H3. The van der Waals surface area contributed by atoms with Crippen molar-refractivity contribution in [2.24, 2.45) is 4.99 Å². The Kier molecular flexibility index (Phi) is 3.20. The lowest BCUT2D eigenvalue weighted by Gasteiger charge is -1.99. The van der Waals surface area contributed by atoms with Crippen LogP contribution in [0.25, 0.3) is 0 Å². The van der Waals surface area contributed by atoms with Gasteiger partial charge < -0.3 is 0 Å². The van der Waals surface area contributed by atoms with Gasteiger partial charge in [0, 0.05) is 9.35 Å². The smallest absolute Gasteiger partial charge is 0.211 e. The number of hydrogen-bond acceptors (Lipinski definition) is 3. The van der Waals surface area contributed by atoms with Gasteiger partial charge in [-0.3, -0.25) is 0 Å². The van der Waals surface area contributed by atoms with Crippen molar-refractivity contribution >= 4 is 38.3 Å². The van der Waals surface area contributed by atoms with E-state index in [0.29, 0.717) is 10.9 Å². The van der Waals surface area contributed by atoms with Crippen LogP contribution in [0.3, 0.4) is 0 Å². The molecule has 1 heterocycles. The Hall–Kier alpha value is -0.440. The third-order valence-electron chi connectivity index (χ3n) is 1.38. The summed E-state index contributed by atoms with van der Waals surface area (Å²) in [5, 5.41) is 0.709. The molecule has 0 spiro atoms. The molecule has 0 fully saturated rings. The molecular formula is C8H8BrNOS. The van der Waals surface area contributed by atoms with Crippen LogP contribution < -0.4 is 0 Å². The number of hydrogen-bond donors (Lipinski definition) is 0. The predicted molar refractivity (Wildman–Crippen MR) is 53.9 cm³/mol. The molecule has 0 aromatic carbocycles. The molecule has 1 aromatic heterocycles. The summed E-state index contributed by atoms with van der Waals surface area (Å²) in [6.45, 7) is 4.20. The lowest BCUT2D eigenvalue weighted by atomic mass is 10.2. The van der Waals surface area contributed by atoms with Gasteiger partial charge in [0.25, 0.3) is 0 Å². The molecule has 4 heteroatoms. The van der Waals surface area contributed by atoms with Gasteiger partial charge in [-0.1, -0.05) is 13.8 Å². The van der Waals surface area contributed by atoms with Crippen LogP contribution in [-0.4, -0.2) is 6.08 Å². The summed E-state index contributed by atoms with van der Waals surface area (Å²) in [6.07, 6.45) is 1.53. The van der Waals surface area contributed by atoms with E-state index >= 15 is 0 Å². The normalized spacial score (nSPS) is 10.0. The first-order valence-corrected chi connectivity index (χ1v) is 5.13. The van der Waals surface area contributed by atoms with Crippen molar-refractivity contribution in [3.8, 4) is 0 Å². The lowest BCUT2D eigenvalue weighted by Crippen LogP contribution is -1.80. The maximum Gasteiger partial charge on any atom is 0.241 e. The van der Waals surface area contributed by atoms with Crippen LogP contribution in [0, 0.1) is 0 Å². The van der Waals surface area contributed by atoms with Gasteiger partial charge in [0.05, 0.1) is 0 Å². The van der Waals surface area contributed by atoms with Crippen molar-refractivity contribution in [2.75, 3.05) is 0 Å². The van der Waals surface area contributed by atoms with Crippen LogP contribution in [0.15, 0.2) is 15.5 Å². The summed E-state index contributed by atoms with van der Waals surface area (Å²) < 4.78 is 1.02. The second-order valence-corrected chi connectivity index (χ2v) is 4.57. The van der Waals surface area contributed by atoms with Gasteiger partial charge in [-0.15, -0.1) is 11.3 Å². The van der Waals surface area contributed by atoms with Gasteiger partial charge in [-0.25, -0.2) is 4.79 Å². The Balaban J connectivity index is 3.08. The largest absolute Gasteiger partial charge is 0.241 e. The van der Waals surface area contributed by atoms with E-state index in [4.69, 9.17) is 0 Å². The zero-order chi connectivity index (χ0) is 9.14. The number of halogens is 1. The van der Waals surface area contributed by atoms with Crippen molar-refractivity contribution in [1.82, 2.24) is 0 Å². The first kappa shape index (κ1) is 9.65. The predicted octanol–water partition coefficient (Wildman–Crippen LogP) is 3.60. The summed E-state index contributed by atoms with van der Waals surface area (Å²) in [7, 11) is 0. The Morgan fingerprint density at radius 2 is 2.33 bits per heavy atom. The van der Waals surface area contributed by atoms with E-state index in [1.807, 2.05) is 6.07 Å². The average molecular weight is 246 g/mol. The molecule has 2 nitrogen and oxygen atoms in total. The molecule has 0 unspecified atom stereocenters. The maximum atomic E-state index is 9.96. The topological polar surface area (TPSA) is 29.4 Å². The number of rotatable bonds is 2. The highest BCUT2D eigenvalue weighted by Crippen LogP contribution is 2.37. The van der Waals surface area contributed by atoms with Crippen molar-refractivity contribution in [1.29, 1.82) is 0 Å². The first-order valence-electron chi connectivity index (χ1n) is 3.52. The minimum atomic E-state index is 0.458. The summed E-state index contributed by atoms with van der Waals surface area (Å²) in [5.74, 6) is 0.458. The number of thiophene rings is 1. The van der Waals surface area contributed by atoms with Crippen molar-refractivity contribution < 1.29 is 4.79 Å². The number of nitrogens with zero attached hydrogens (tertiary/aromatic N) is 1. The zero-order valence-corrected chi connectivity index (χ0v) is 9.20. The number of carbonyl (C=O) groups excluding carboxylic acids is 1. The van der Waals surface area contributed by atoms with Gasteiger partial charge in [0.2, 0.25) is 6.08 Å². The minimum Gasteiger partial charge on any atom is -0.211 e. The van der Waals surface area contributed by atoms with Crippen LogP contribution >= 0.6 is 27.3 Å². The molecule has 0 aliphatic heterocycles. The fourth-order valence-electron chi connectivity index (χ4n) is 0.864. The van der Waals surface area contributed by atoms with E-state index in [2.05, 4.69) is 34.8 Å². The monoisotopic (exact) mass is 245 g/mol. The molecule has 64 valence electrons. The quantitative estimate of drug-likeness (QED) is 0.579. The van der Waals surface area contributed by atoms with Gasteiger partial charge in [-0.2, -0.15) is 4.99 Å². The van der Waals surface area contributed by atoms with E-state index in [1.165, 1.54) is 22.3 Å². The van der Waals surface area contributed by atoms with Crippen LogP contribution in [0.5, 0.6) is 0 Å². The van der Waals surface area contributed by atoms with Gasteiger partial charge in [0.1, 0.15) is 5.00 Å². The molecule has 1 rings (SSSR count). The van der Waals surface area contributed by atoms with Crippen molar-refractivity contribution in [3.63, 3.8) is 0 Å². The van der Waals surface area contributed by atoms with Crippen molar-refractivity contribution in [3.05, 3.63) is 15.4 Å². The Labute approximate surface area is 83.5 Å². The third kappa shape index (κ3) is 2.03. The third-order valence-corrected chi connectivity index (χ3v) is 3.63. The number of aliphatic imine (C=N–C) groups is 1. The molecule has 0 N–H and O–H groups in total. The fraction of sp³-hybridized carbons (Fsp3) is 0.375. The molecular weight excluding hydrogens is 238 g/mol. The molecule has 0 aliphatic rings. The highest BCUT2D eigenvalue weighted by molar-refractivity contribution is 9.10. The first-order chi connectivity index (χ1) is 5.65. The highest BCUT2D eigenvalue weighted by Gasteiger charge is 2.09. The molecule has 0 saturated carbocycles. The second-order valence-electron chi connectivity index (χ2n) is 2.65. The summed E-state index contributed by atoms with van der Waals surface area (Å²) >= 11 is 4.92. The van der Waals surface area contributed by atoms with E-state index < -0.39 is 0 Å². The van der Waals surface area contributed by atoms with Gasteiger partial charge >= 0.3 is 0 Å². The molecule has 0 radical (unpaired) electrons. The Bertz CT molecular complexity index is 326. The molecule has 0 bridgehead atoms. The molecule has 1 aromatic rings. The summed E-state index contributed by atoms with van der Waals surface area (Å²) in [4.78, 5) is 14.7. The van der Waals surface area contributed by atoms with Gasteiger partial charge in [0.15, 0.2) is 0 Å². The van der Waals surface area contributed by atoms with Crippen LogP contribution in [0.2, 0.25) is 0 Å². The van der Waals surface area contributed by atoms with E-state index in [0.717, 1.165) is 4.47 Å². The van der Waals surface area contributed by atoms with E-state index in [-0.39, 0.29) is 0 Å². The molecule has 12 heavy (non-hydrogen) atoms. The SMILES string of the molecule is CC(C)c1sc(N=C=O)cc1Br. The maximum absolute atomic E-state index is 9.96. The lowest BCUT2D eigenvalue weighted by molar-refractivity contribution is 0.565. The van der Waals surface area contributed by atoms with Crippen molar-refractivity contribution in [2.45, 2.75) is 19.8 Å². The molecule has 0 saturated heterocycles. The summed E-state index contributed by atoms with van der Waals surface area (Å²) in [6, 6.07) is 1.84. The summed E-state index contributed by atoms with van der Waals surface area (Å²) in [5.41, 5.74) is 0. The zero-order valence-electron chi connectivity index (χ0n) is 6.80. The molecule has 0 amide bonds. The number of isocyanates is 1. The van der Waals surface area contributed by atoms with E-state index in [1.54, 1.807) is 0 Å². The molecule has 0 atom stereocenters. The minimum absolute atomic E-state index is 0.458. The second kappa shape index (κ2) is 3.99. The van der Waals surface area contributed by atoms with Gasteiger partial charge in [-0.05, 0) is 27.9 Å². The highest BCUT2D eigenvalue weighted by atomic mass is 79.9. The van der Waals surface area contributed by atoms with Crippen LogP contribution in [0.4, 0.5) is 5.00 Å². The van der Waals surface area contributed by atoms with E-state index in [9.17, 15) is 4.79 Å².